The highest BCUT2D eigenvalue weighted by Crippen LogP contribution is 2.32. The number of rotatable bonds is 4. The molecule has 2 aromatic rings. The van der Waals surface area contributed by atoms with Crippen LogP contribution in [0.15, 0.2) is 41.4 Å². The highest BCUT2D eigenvalue weighted by atomic mass is 127. The smallest absolute Gasteiger partial charge is 0.272 e. The molecule has 2 aromatic carbocycles. The summed E-state index contributed by atoms with van der Waals surface area (Å²) < 4.78 is 11.2. The number of ether oxygens (including phenoxy) is 2. The first-order valence-electron chi connectivity index (χ1n) is 8.24. The van der Waals surface area contributed by atoms with Gasteiger partial charge in [0.15, 0.2) is 17.5 Å². The topological polar surface area (TPSA) is 112 Å². The van der Waals surface area contributed by atoms with Gasteiger partial charge in [0.2, 0.25) is 0 Å². The van der Waals surface area contributed by atoms with E-state index in [0.29, 0.717) is 30.3 Å². The van der Waals surface area contributed by atoms with E-state index in [4.69, 9.17) is 15.2 Å². The summed E-state index contributed by atoms with van der Waals surface area (Å²) in [6, 6.07) is 10.4. The molecule has 27 heavy (non-hydrogen) atoms. The lowest BCUT2D eigenvalue weighted by molar-refractivity contribution is -0.385. The molecule has 0 spiro atoms. The second-order valence-electron chi connectivity index (χ2n) is 5.86. The lowest BCUT2D eigenvalue weighted by atomic mass is 10.1. The predicted octanol–water partition coefficient (Wildman–Crippen LogP) is 3.61. The molecule has 3 rings (SSSR count). The van der Waals surface area contributed by atoms with Crippen LogP contribution in [0.4, 0.5) is 11.4 Å². The van der Waals surface area contributed by atoms with E-state index in [0.717, 1.165) is 17.7 Å². The number of halogens is 1. The summed E-state index contributed by atoms with van der Waals surface area (Å²) in [4.78, 5) is 14.9. The number of anilines is 1. The maximum Gasteiger partial charge on any atom is 0.272 e. The third-order valence-electron chi connectivity index (χ3n) is 4.05. The molecule has 0 fully saturated rings. The van der Waals surface area contributed by atoms with Gasteiger partial charge in [-0.2, -0.15) is 0 Å². The lowest BCUT2D eigenvalue weighted by Gasteiger charge is -2.11. The highest BCUT2D eigenvalue weighted by molar-refractivity contribution is 14.0. The number of hydrogen-bond donors (Lipinski definition) is 2. The van der Waals surface area contributed by atoms with Crippen LogP contribution in [0, 0.1) is 17.0 Å². The van der Waals surface area contributed by atoms with E-state index in [2.05, 4.69) is 10.3 Å². The van der Waals surface area contributed by atoms with Gasteiger partial charge in [0.05, 0.1) is 24.7 Å². The number of nitro groups is 1. The fourth-order valence-electron chi connectivity index (χ4n) is 2.64. The van der Waals surface area contributed by atoms with Crippen LogP contribution < -0.4 is 20.5 Å². The third kappa shape index (κ3) is 5.22. The summed E-state index contributed by atoms with van der Waals surface area (Å²) >= 11 is 0. The van der Waals surface area contributed by atoms with Crippen molar-refractivity contribution >= 4 is 41.3 Å². The minimum absolute atomic E-state index is 0. The molecule has 0 saturated heterocycles. The van der Waals surface area contributed by atoms with Crippen molar-refractivity contribution in [1.82, 2.24) is 0 Å². The van der Waals surface area contributed by atoms with Crippen LogP contribution in [0.3, 0.4) is 0 Å². The van der Waals surface area contributed by atoms with Crippen molar-refractivity contribution in [2.75, 3.05) is 18.5 Å². The molecule has 8 nitrogen and oxygen atoms in total. The van der Waals surface area contributed by atoms with Crippen molar-refractivity contribution in [3.8, 4) is 11.5 Å². The normalized spacial score (nSPS) is 13.3. The van der Waals surface area contributed by atoms with Crippen molar-refractivity contribution < 1.29 is 14.4 Å². The van der Waals surface area contributed by atoms with Crippen LogP contribution in [-0.4, -0.2) is 24.1 Å². The van der Waals surface area contributed by atoms with Gasteiger partial charge in [-0.15, -0.1) is 24.0 Å². The number of hydrogen-bond acceptors (Lipinski definition) is 5. The molecule has 0 bridgehead atoms. The zero-order valence-corrected chi connectivity index (χ0v) is 17.1. The minimum atomic E-state index is -0.401. The maximum atomic E-state index is 11.0. The average Bonchev–Trinajstić information content (AvgIpc) is 2.85. The molecule has 0 saturated carbocycles. The van der Waals surface area contributed by atoms with E-state index < -0.39 is 4.92 Å². The summed E-state index contributed by atoms with van der Waals surface area (Å²) in [5.74, 6) is 1.58. The fourth-order valence-corrected chi connectivity index (χ4v) is 2.64. The fraction of sp³-hybridized carbons (Fsp3) is 0.278. The predicted molar refractivity (Wildman–Crippen MR) is 114 cm³/mol. The van der Waals surface area contributed by atoms with Gasteiger partial charge in [0.25, 0.3) is 5.69 Å². The SMILES string of the molecule is Cc1c(CN=C(N)Nc2ccc3c(c2)OCCCO3)cccc1[N+](=O)[O-].I. The van der Waals surface area contributed by atoms with Crippen LogP contribution >= 0.6 is 24.0 Å². The number of nitro benzene ring substituents is 1. The Morgan fingerprint density at radius 1 is 1.26 bits per heavy atom. The van der Waals surface area contributed by atoms with E-state index >= 15 is 0 Å². The largest absolute Gasteiger partial charge is 0.490 e. The summed E-state index contributed by atoms with van der Waals surface area (Å²) in [7, 11) is 0. The Morgan fingerprint density at radius 2 is 2.00 bits per heavy atom. The second kappa shape index (κ2) is 9.40. The molecule has 144 valence electrons. The first kappa shape index (κ1) is 20.7. The van der Waals surface area contributed by atoms with Gasteiger partial charge < -0.3 is 20.5 Å². The Hall–Kier alpha value is -2.56. The van der Waals surface area contributed by atoms with Crippen molar-refractivity contribution in [1.29, 1.82) is 0 Å². The summed E-state index contributed by atoms with van der Waals surface area (Å²) in [5, 5.41) is 14.0. The first-order chi connectivity index (χ1) is 12.5. The van der Waals surface area contributed by atoms with Crippen LogP contribution in [0.5, 0.6) is 11.5 Å². The molecule has 0 amide bonds. The number of aliphatic imine (C=N–C) groups is 1. The van der Waals surface area contributed by atoms with Crippen LogP contribution in [-0.2, 0) is 6.54 Å². The molecule has 0 atom stereocenters. The Kier molecular flexibility index (Phi) is 7.22. The minimum Gasteiger partial charge on any atom is -0.490 e. The van der Waals surface area contributed by atoms with Gasteiger partial charge >= 0.3 is 0 Å². The maximum absolute atomic E-state index is 11.0. The van der Waals surface area contributed by atoms with E-state index in [1.807, 2.05) is 18.2 Å². The summed E-state index contributed by atoms with van der Waals surface area (Å²) in [5.41, 5.74) is 8.09. The van der Waals surface area contributed by atoms with E-state index in [1.54, 1.807) is 19.1 Å². The van der Waals surface area contributed by atoms with Crippen molar-refractivity contribution in [3.63, 3.8) is 0 Å². The van der Waals surface area contributed by atoms with Gasteiger partial charge in [0.1, 0.15) is 0 Å². The van der Waals surface area contributed by atoms with Gasteiger partial charge in [-0.1, -0.05) is 12.1 Å². The highest BCUT2D eigenvalue weighted by Gasteiger charge is 2.13. The van der Waals surface area contributed by atoms with Crippen molar-refractivity contribution in [3.05, 3.63) is 57.6 Å². The van der Waals surface area contributed by atoms with E-state index in [-0.39, 0.29) is 42.2 Å². The van der Waals surface area contributed by atoms with Gasteiger partial charge in [-0.25, -0.2) is 4.99 Å². The number of nitrogens with one attached hydrogen (secondary N) is 1. The Morgan fingerprint density at radius 3 is 2.74 bits per heavy atom. The monoisotopic (exact) mass is 484 g/mol. The molecule has 1 aliphatic rings. The molecule has 0 radical (unpaired) electrons. The summed E-state index contributed by atoms with van der Waals surface area (Å²) in [6.07, 6.45) is 0.837. The molecule has 1 heterocycles. The van der Waals surface area contributed by atoms with Crippen molar-refractivity contribution in [2.45, 2.75) is 19.9 Å². The summed E-state index contributed by atoms with van der Waals surface area (Å²) in [6.45, 7) is 3.19. The Bertz CT molecular complexity index is 857. The molecule has 3 N–H and O–H groups in total. The van der Waals surface area contributed by atoms with Crippen LogP contribution in [0.1, 0.15) is 17.5 Å². The molecule has 0 aromatic heterocycles. The zero-order valence-electron chi connectivity index (χ0n) is 14.8. The number of nitrogens with zero attached hydrogens (tertiary/aromatic N) is 2. The van der Waals surface area contributed by atoms with Gasteiger partial charge in [-0.3, -0.25) is 10.1 Å². The van der Waals surface area contributed by atoms with Crippen LogP contribution in [0.2, 0.25) is 0 Å². The van der Waals surface area contributed by atoms with Crippen LogP contribution in [0.25, 0.3) is 0 Å². The molecular formula is C18H21IN4O4. The zero-order chi connectivity index (χ0) is 18.5. The Balaban J connectivity index is 0.00000261. The lowest BCUT2D eigenvalue weighted by Crippen LogP contribution is -2.22. The van der Waals surface area contributed by atoms with Gasteiger partial charge in [-0.05, 0) is 24.6 Å². The Labute approximate surface area is 173 Å². The number of nitrogens with two attached hydrogens (primary N) is 1. The standard InChI is InChI=1S/C18H20N4O4.HI/c1-12-13(4-2-5-15(12)22(23)24)11-20-18(19)21-14-6-7-16-17(10-14)26-9-3-8-25-16;/h2,4-7,10H,3,8-9,11H2,1H3,(H3,19,20,21);1H. The first-order valence-corrected chi connectivity index (χ1v) is 8.24. The molecule has 1 aliphatic heterocycles. The quantitative estimate of drug-likeness (QED) is 0.226. The van der Waals surface area contributed by atoms with Crippen molar-refractivity contribution in [2.24, 2.45) is 10.7 Å². The third-order valence-corrected chi connectivity index (χ3v) is 4.05. The van der Waals surface area contributed by atoms with E-state index in [1.165, 1.54) is 6.07 Å². The van der Waals surface area contributed by atoms with Gasteiger partial charge in [0, 0.05) is 29.8 Å². The average molecular weight is 484 g/mol. The molecule has 0 aliphatic carbocycles. The molecule has 9 heteroatoms. The number of fused-ring (bicyclic) bond motifs is 1. The molecule has 0 unspecified atom stereocenters. The molecular weight excluding hydrogens is 463 g/mol. The number of guanidine groups is 1. The van der Waals surface area contributed by atoms with E-state index in [9.17, 15) is 10.1 Å². The number of benzene rings is 2. The second-order valence-corrected chi connectivity index (χ2v) is 5.86.